The van der Waals surface area contributed by atoms with E-state index in [2.05, 4.69) is 44.2 Å². The van der Waals surface area contributed by atoms with Gasteiger partial charge in [-0.2, -0.15) is 10.2 Å². The quantitative estimate of drug-likeness (QED) is 0.378. The van der Waals surface area contributed by atoms with Gasteiger partial charge in [0.05, 0.1) is 22.5 Å². The maximum Gasteiger partial charge on any atom is 0.186 e. The zero-order valence-corrected chi connectivity index (χ0v) is 21.0. The third-order valence-corrected chi connectivity index (χ3v) is 7.02. The molecule has 1 N–H and O–H groups in total. The average Bonchev–Trinajstić information content (AvgIpc) is 3.19. The summed E-state index contributed by atoms with van der Waals surface area (Å²) in [7, 11) is 2.16. The van der Waals surface area contributed by atoms with Crippen molar-refractivity contribution in [3.05, 3.63) is 72.3 Å². The Bertz CT molecular complexity index is 1550. The second kappa shape index (κ2) is 9.76. The Hall–Kier alpha value is -4.08. The van der Waals surface area contributed by atoms with Gasteiger partial charge in [0.15, 0.2) is 5.65 Å². The number of fused-ring (bicyclic) bond motifs is 1. The van der Waals surface area contributed by atoms with Crippen LogP contribution in [0.4, 0.5) is 5.82 Å². The Morgan fingerprint density at radius 1 is 0.892 bits per heavy atom. The summed E-state index contributed by atoms with van der Waals surface area (Å²) in [6.07, 6.45) is 8.11. The fourth-order valence-corrected chi connectivity index (χ4v) is 4.82. The van der Waals surface area contributed by atoms with Crippen molar-refractivity contribution in [2.45, 2.75) is 6.42 Å². The SMILES string of the molecule is CN1CCCN(c2ccc(-c3cnnc4c(-c5ccc(Cl)c(O)c5)c(-c5ccncc5)nn34)cn2)CC1. The number of rotatable bonds is 4. The summed E-state index contributed by atoms with van der Waals surface area (Å²) in [5, 5.41) is 24.3. The lowest BCUT2D eigenvalue weighted by atomic mass is 10.0. The summed E-state index contributed by atoms with van der Waals surface area (Å²) in [5.41, 5.74) is 5.25. The van der Waals surface area contributed by atoms with Crippen LogP contribution in [-0.2, 0) is 0 Å². The zero-order chi connectivity index (χ0) is 25.4. The molecule has 1 aliphatic heterocycles. The number of aromatic nitrogens is 6. The van der Waals surface area contributed by atoms with Crippen LogP contribution in [-0.4, -0.2) is 73.0 Å². The number of likely N-dealkylation sites (N-methyl/N-ethyl adjacent to an activating group) is 1. The normalized spacial score (nSPS) is 14.7. The summed E-state index contributed by atoms with van der Waals surface area (Å²) >= 11 is 6.09. The van der Waals surface area contributed by atoms with Crippen LogP contribution in [0.3, 0.4) is 0 Å². The van der Waals surface area contributed by atoms with Gasteiger partial charge in [0.2, 0.25) is 0 Å². The van der Waals surface area contributed by atoms with E-state index in [9.17, 15) is 5.11 Å². The number of nitrogens with zero attached hydrogens (tertiary/aromatic N) is 8. The number of hydrogen-bond donors (Lipinski definition) is 1. The first-order valence-electron chi connectivity index (χ1n) is 12.1. The second-order valence-corrected chi connectivity index (χ2v) is 9.55. The van der Waals surface area contributed by atoms with Gasteiger partial charge < -0.3 is 14.9 Å². The highest BCUT2D eigenvalue weighted by atomic mass is 35.5. The molecule has 1 aromatic carbocycles. The van der Waals surface area contributed by atoms with Crippen molar-refractivity contribution in [2.24, 2.45) is 0 Å². The van der Waals surface area contributed by atoms with E-state index in [4.69, 9.17) is 21.7 Å². The van der Waals surface area contributed by atoms with E-state index in [1.54, 1.807) is 35.2 Å². The van der Waals surface area contributed by atoms with Gasteiger partial charge in [0.25, 0.3) is 0 Å². The smallest absolute Gasteiger partial charge is 0.186 e. The van der Waals surface area contributed by atoms with Crippen molar-refractivity contribution in [3.63, 3.8) is 0 Å². The van der Waals surface area contributed by atoms with Crippen LogP contribution in [0.15, 0.2) is 67.3 Å². The Balaban J connectivity index is 1.46. The number of hydrogen-bond acceptors (Lipinski definition) is 8. The molecule has 0 amide bonds. The highest BCUT2D eigenvalue weighted by Crippen LogP contribution is 2.38. The average molecular weight is 513 g/mol. The Kier molecular flexibility index (Phi) is 6.15. The first-order valence-corrected chi connectivity index (χ1v) is 12.5. The fraction of sp³-hybridized carbons (Fsp3) is 0.222. The lowest BCUT2D eigenvalue weighted by Crippen LogP contribution is -2.29. The minimum atomic E-state index is -0.0113. The van der Waals surface area contributed by atoms with E-state index in [1.165, 1.54) is 0 Å². The number of phenols is 1. The molecule has 1 aliphatic rings. The highest BCUT2D eigenvalue weighted by Gasteiger charge is 2.21. The molecule has 0 saturated carbocycles. The van der Waals surface area contributed by atoms with E-state index in [0.29, 0.717) is 11.3 Å². The van der Waals surface area contributed by atoms with Crippen LogP contribution in [0.25, 0.3) is 39.3 Å². The summed E-state index contributed by atoms with van der Waals surface area (Å²) < 4.78 is 1.78. The lowest BCUT2D eigenvalue weighted by Gasteiger charge is -2.21. The maximum atomic E-state index is 10.3. The monoisotopic (exact) mass is 512 g/mol. The van der Waals surface area contributed by atoms with Crippen LogP contribution in [0, 0.1) is 0 Å². The predicted octanol–water partition coefficient (Wildman–Crippen LogP) is 4.42. The molecule has 5 heterocycles. The van der Waals surface area contributed by atoms with E-state index in [0.717, 1.165) is 66.4 Å². The van der Waals surface area contributed by atoms with Crippen molar-refractivity contribution < 1.29 is 5.11 Å². The number of halogens is 1. The molecule has 1 fully saturated rings. The molecule has 0 aliphatic carbocycles. The van der Waals surface area contributed by atoms with Crippen LogP contribution in [0.5, 0.6) is 5.75 Å². The summed E-state index contributed by atoms with van der Waals surface area (Å²) in [6, 6.07) is 13.0. The third-order valence-electron chi connectivity index (χ3n) is 6.70. The molecule has 0 bridgehead atoms. The van der Waals surface area contributed by atoms with Gasteiger partial charge in [-0.1, -0.05) is 17.7 Å². The molecule has 0 unspecified atom stereocenters. The molecule has 9 nitrogen and oxygen atoms in total. The molecule has 186 valence electrons. The standard InChI is InChI=1S/C27H25ClN8O/c1-34-11-2-12-35(14-13-34)24-6-4-20(16-30-24)22-17-31-32-27-25(19-3-5-21(28)23(37)15-19)26(33-36(22)27)18-7-9-29-10-8-18/h3-10,15-17,37H,2,11-14H2,1H3. The van der Waals surface area contributed by atoms with Gasteiger partial charge in [-0.25, -0.2) is 9.50 Å². The maximum absolute atomic E-state index is 10.3. The molecule has 0 atom stereocenters. The number of benzene rings is 1. The third kappa shape index (κ3) is 4.47. The predicted molar refractivity (Wildman–Crippen MR) is 144 cm³/mol. The van der Waals surface area contributed by atoms with Crippen LogP contribution >= 0.6 is 11.6 Å². The topological polar surface area (TPSA) is 95.6 Å². The van der Waals surface area contributed by atoms with Gasteiger partial charge in [-0.05, 0) is 62.0 Å². The fourth-order valence-electron chi connectivity index (χ4n) is 4.71. The van der Waals surface area contributed by atoms with Crippen molar-refractivity contribution in [1.29, 1.82) is 0 Å². The second-order valence-electron chi connectivity index (χ2n) is 9.14. The minimum absolute atomic E-state index is 0.0113. The zero-order valence-electron chi connectivity index (χ0n) is 20.3. The lowest BCUT2D eigenvalue weighted by molar-refractivity contribution is 0.360. The molecular formula is C27H25ClN8O. The van der Waals surface area contributed by atoms with Crippen LogP contribution < -0.4 is 4.90 Å². The minimum Gasteiger partial charge on any atom is -0.506 e. The molecule has 1 saturated heterocycles. The first-order chi connectivity index (χ1) is 18.1. The number of pyridine rings is 2. The molecule has 0 spiro atoms. The molecular weight excluding hydrogens is 488 g/mol. The van der Waals surface area contributed by atoms with Gasteiger partial charge in [-0.3, -0.25) is 4.98 Å². The van der Waals surface area contributed by atoms with Crippen LogP contribution in [0.2, 0.25) is 5.02 Å². The van der Waals surface area contributed by atoms with Crippen molar-refractivity contribution in [1.82, 2.24) is 34.7 Å². The Morgan fingerprint density at radius 3 is 2.51 bits per heavy atom. The first kappa shape index (κ1) is 23.3. The van der Waals surface area contributed by atoms with E-state index in [1.807, 2.05) is 24.4 Å². The van der Waals surface area contributed by atoms with Crippen molar-refractivity contribution in [3.8, 4) is 39.4 Å². The number of phenolic OH excluding ortho intramolecular Hbond substituents is 1. The summed E-state index contributed by atoms with van der Waals surface area (Å²) in [5.74, 6) is 0.954. The van der Waals surface area contributed by atoms with Crippen molar-refractivity contribution in [2.75, 3.05) is 38.1 Å². The van der Waals surface area contributed by atoms with Gasteiger partial charge in [0, 0.05) is 49.4 Å². The largest absolute Gasteiger partial charge is 0.506 e. The van der Waals surface area contributed by atoms with Crippen LogP contribution in [0.1, 0.15) is 6.42 Å². The summed E-state index contributed by atoms with van der Waals surface area (Å²) in [4.78, 5) is 13.6. The molecule has 0 radical (unpaired) electrons. The molecule has 4 aromatic heterocycles. The molecule has 6 rings (SSSR count). The summed E-state index contributed by atoms with van der Waals surface area (Å²) in [6.45, 7) is 4.06. The van der Waals surface area contributed by atoms with Gasteiger partial charge >= 0.3 is 0 Å². The van der Waals surface area contributed by atoms with E-state index >= 15 is 0 Å². The van der Waals surface area contributed by atoms with E-state index < -0.39 is 0 Å². The number of aromatic hydroxyl groups is 1. The number of anilines is 1. The molecule has 37 heavy (non-hydrogen) atoms. The highest BCUT2D eigenvalue weighted by molar-refractivity contribution is 6.32. The van der Waals surface area contributed by atoms with Gasteiger partial charge in [0.1, 0.15) is 17.3 Å². The van der Waals surface area contributed by atoms with E-state index in [-0.39, 0.29) is 10.8 Å². The Morgan fingerprint density at radius 2 is 1.73 bits per heavy atom. The molecule has 5 aromatic rings. The van der Waals surface area contributed by atoms with Crippen molar-refractivity contribution >= 4 is 23.1 Å². The Labute approximate surface area is 219 Å². The van der Waals surface area contributed by atoms with Gasteiger partial charge in [-0.15, -0.1) is 5.10 Å². The molecule has 10 heteroatoms.